The van der Waals surface area contributed by atoms with Crippen molar-refractivity contribution in [3.63, 3.8) is 0 Å². The van der Waals surface area contributed by atoms with E-state index in [1.807, 2.05) is 30.5 Å². The molecule has 1 amide bonds. The molecule has 0 saturated heterocycles. The van der Waals surface area contributed by atoms with Crippen LogP contribution in [0.15, 0.2) is 30.5 Å². The van der Waals surface area contributed by atoms with E-state index in [0.29, 0.717) is 13.0 Å². The van der Waals surface area contributed by atoms with E-state index >= 15 is 0 Å². The number of carbonyl (C=O) groups is 1. The maximum absolute atomic E-state index is 11.9. The molecule has 1 aliphatic carbocycles. The highest BCUT2D eigenvalue weighted by molar-refractivity contribution is 6.31. The Labute approximate surface area is 135 Å². The fraction of sp³-hybridized carbons (Fsp3) is 0.471. The van der Waals surface area contributed by atoms with Crippen molar-refractivity contribution in [2.75, 3.05) is 13.2 Å². The molecule has 3 rings (SSSR count). The van der Waals surface area contributed by atoms with Gasteiger partial charge in [0.1, 0.15) is 0 Å². The number of aryl methyl sites for hydroxylation is 1. The molecular weight excluding hydrogens is 300 g/mol. The van der Waals surface area contributed by atoms with Crippen molar-refractivity contribution >= 4 is 28.4 Å². The summed E-state index contributed by atoms with van der Waals surface area (Å²) in [7, 11) is 0. The second kappa shape index (κ2) is 6.31. The monoisotopic (exact) mass is 320 g/mol. The molecular formula is C17H21ClN2O2. The van der Waals surface area contributed by atoms with Gasteiger partial charge >= 0.3 is 0 Å². The molecule has 1 aromatic carbocycles. The summed E-state index contributed by atoms with van der Waals surface area (Å²) in [5.41, 5.74) is 1.12. The van der Waals surface area contributed by atoms with Crippen molar-refractivity contribution in [3.8, 4) is 0 Å². The molecule has 118 valence electrons. The van der Waals surface area contributed by atoms with Gasteiger partial charge in [0.25, 0.3) is 0 Å². The van der Waals surface area contributed by atoms with Crippen LogP contribution in [0.2, 0.25) is 5.02 Å². The van der Waals surface area contributed by atoms with Crippen molar-refractivity contribution < 1.29 is 9.90 Å². The highest BCUT2D eigenvalue weighted by Crippen LogP contribution is 2.44. The molecule has 4 nitrogen and oxygen atoms in total. The van der Waals surface area contributed by atoms with Crippen LogP contribution in [-0.4, -0.2) is 28.7 Å². The number of fused-ring (bicyclic) bond motifs is 1. The summed E-state index contributed by atoms with van der Waals surface area (Å²) >= 11 is 5.98. The smallest absolute Gasteiger partial charge is 0.220 e. The van der Waals surface area contributed by atoms with Crippen LogP contribution in [0.1, 0.15) is 25.7 Å². The number of benzene rings is 1. The minimum atomic E-state index is -0.0223. The fourth-order valence-electron chi connectivity index (χ4n) is 2.72. The van der Waals surface area contributed by atoms with Crippen LogP contribution in [0, 0.1) is 5.41 Å². The first-order valence-corrected chi connectivity index (χ1v) is 8.12. The average molecular weight is 321 g/mol. The molecule has 1 aromatic heterocycles. The van der Waals surface area contributed by atoms with Gasteiger partial charge in [-0.25, -0.2) is 0 Å². The molecule has 1 heterocycles. The Morgan fingerprint density at radius 1 is 1.36 bits per heavy atom. The SMILES string of the molecule is O=C(CCCn1ccc2cc(Cl)ccc21)NCC1(CO)CC1. The van der Waals surface area contributed by atoms with E-state index in [1.54, 1.807) is 0 Å². The summed E-state index contributed by atoms with van der Waals surface area (Å²) in [5, 5.41) is 14.0. The summed E-state index contributed by atoms with van der Waals surface area (Å²) in [6, 6.07) is 7.89. The summed E-state index contributed by atoms with van der Waals surface area (Å²) in [6.45, 7) is 1.59. The molecule has 2 aromatic rings. The number of nitrogens with one attached hydrogen (secondary N) is 1. The van der Waals surface area contributed by atoms with E-state index in [0.717, 1.165) is 41.7 Å². The lowest BCUT2D eigenvalue weighted by Crippen LogP contribution is -2.31. The Hall–Kier alpha value is -1.52. The largest absolute Gasteiger partial charge is 0.396 e. The topological polar surface area (TPSA) is 54.3 Å². The predicted molar refractivity (Wildman–Crippen MR) is 87.9 cm³/mol. The van der Waals surface area contributed by atoms with E-state index in [-0.39, 0.29) is 17.9 Å². The van der Waals surface area contributed by atoms with Gasteiger partial charge in [-0.3, -0.25) is 4.79 Å². The lowest BCUT2D eigenvalue weighted by atomic mass is 10.1. The molecule has 2 N–H and O–H groups in total. The predicted octanol–water partition coefficient (Wildman–Crippen LogP) is 2.96. The Kier molecular flexibility index (Phi) is 4.41. The molecule has 1 aliphatic rings. The molecule has 1 fully saturated rings. The number of aromatic nitrogens is 1. The normalized spacial score (nSPS) is 15.9. The van der Waals surface area contributed by atoms with Crippen LogP contribution in [-0.2, 0) is 11.3 Å². The standard InChI is InChI=1S/C17H21ClN2O2/c18-14-3-4-15-13(10-14)5-9-20(15)8-1-2-16(22)19-11-17(12-21)6-7-17/h3-5,9-10,21H,1-2,6-8,11-12H2,(H,19,22). The average Bonchev–Trinajstić information content (AvgIpc) is 3.20. The van der Waals surface area contributed by atoms with Gasteiger partial charge in [-0.05, 0) is 43.5 Å². The van der Waals surface area contributed by atoms with Crippen molar-refractivity contribution in [3.05, 3.63) is 35.5 Å². The second-order valence-corrected chi connectivity index (χ2v) is 6.69. The number of halogens is 1. The third-order valence-electron chi connectivity index (χ3n) is 4.49. The van der Waals surface area contributed by atoms with E-state index < -0.39 is 0 Å². The zero-order valence-electron chi connectivity index (χ0n) is 12.5. The lowest BCUT2D eigenvalue weighted by molar-refractivity contribution is -0.121. The van der Waals surface area contributed by atoms with Crippen LogP contribution in [0.5, 0.6) is 0 Å². The van der Waals surface area contributed by atoms with Gasteiger partial charge in [-0.15, -0.1) is 0 Å². The lowest BCUT2D eigenvalue weighted by Gasteiger charge is -2.12. The Morgan fingerprint density at radius 3 is 2.91 bits per heavy atom. The third kappa shape index (κ3) is 3.45. The minimum absolute atomic E-state index is 0.0223. The third-order valence-corrected chi connectivity index (χ3v) is 4.72. The van der Waals surface area contributed by atoms with Gasteiger partial charge in [0.05, 0.1) is 6.61 Å². The number of carbonyl (C=O) groups excluding carboxylic acids is 1. The molecule has 0 unspecified atom stereocenters. The Balaban J connectivity index is 1.46. The molecule has 0 aliphatic heterocycles. The molecule has 1 saturated carbocycles. The first-order chi connectivity index (χ1) is 10.6. The Morgan fingerprint density at radius 2 is 2.18 bits per heavy atom. The van der Waals surface area contributed by atoms with Gasteiger partial charge in [0, 0.05) is 47.0 Å². The summed E-state index contributed by atoms with van der Waals surface area (Å²) < 4.78 is 2.15. The van der Waals surface area contributed by atoms with Crippen molar-refractivity contribution in [1.29, 1.82) is 0 Å². The van der Waals surface area contributed by atoms with E-state index in [1.165, 1.54) is 0 Å². The Bertz CT molecular complexity index is 676. The second-order valence-electron chi connectivity index (χ2n) is 6.25. The molecule has 5 heteroatoms. The van der Waals surface area contributed by atoms with E-state index in [2.05, 4.69) is 9.88 Å². The number of hydrogen-bond acceptors (Lipinski definition) is 2. The number of aliphatic hydroxyl groups excluding tert-OH is 1. The first kappa shape index (κ1) is 15.4. The van der Waals surface area contributed by atoms with Gasteiger partial charge < -0.3 is 15.0 Å². The highest BCUT2D eigenvalue weighted by Gasteiger charge is 2.41. The molecule has 0 spiro atoms. The minimum Gasteiger partial charge on any atom is -0.396 e. The maximum Gasteiger partial charge on any atom is 0.220 e. The molecule has 22 heavy (non-hydrogen) atoms. The van der Waals surface area contributed by atoms with E-state index in [9.17, 15) is 9.90 Å². The van der Waals surface area contributed by atoms with E-state index in [4.69, 9.17) is 11.6 Å². The summed E-state index contributed by atoms with van der Waals surface area (Å²) in [5.74, 6) is 0.0687. The van der Waals surface area contributed by atoms with Gasteiger partial charge in [-0.1, -0.05) is 11.6 Å². The number of aliphatic hydroxyl groups is 1. The molecule has 0 radical (unpaired) electrons. The van der Waals surface area contributed by atoms with Crippen LogP contribution in [0.25, 0.3) is 10.9 Å². The van der Waals surface area contributed by atoms with Crippen LogP contribution in [0.3, 0.4) is 0 Å². The number of amides is 1. The zero-order chi connectivity index (χ0) is 15.6. The number of nitrogens with zero attached hydrogens (tertiary/aromatic N) is 1. The van der Waals surface area contributed by atoms with Crippen molar-refractivity contribution in [2.24, 2.45) is 5.41 Å². The summed E-state index contributed by atoms with van der Waals surface area (Å²) in [4.78, 5) is 11.9. The van der Waals surface area contributed by atoms with Gasteiger partial charge in [0.2, 0.25) is 5.91 Å². The quantitative estimate of drug-likeness (QED) is 0.824. The van der Waals surface area contributed by atoms with Crippen molar-refractivity contribution in [1.82, 2.24) is 9.88 Å². The van der Waals surface area contributed by atoms with Gasteiger partial charge in [-0.2, -0.15) is 0 Å². The summed E-state index contributed by atoms with van der Waals surface area (Å²) in [6.07, 6.45) is 5.37. The zero-order valence-corrected chi connectivity index (χ0v) is 13.3. The van der Waals surface area contributed by atoms with Crippen molar-refractivity contribution in [2.45, 2.75) is 32.2 Å². The molecule has 0 atom stereocenters. The van der Waals surface area contributed by atoms with Crippen LogP contribution < -0.4 is 5.32 Å². The number of rotatable bonds is 7. The fourth-order valence-corrected chi connectivity index (χ4v) is 2.90. The van der Waals surface area contributed by atoms with Crippen LogP contribution in [0.4, 0.5) is 0 Å². The van der Waals surface area contributed by atoms with Crippen LogP contribution >= 0.6 is 11.6 Å². The maximum atomic E-state index is 11.9. The van der Waals surface area contributed by atoms with Gasteiger partial charge in [0.15, 0.2) is 0 Å². The molecule has 0 bridgehead atoms. The highest BCUT2D eigenvalue weighted by atomic mass is 35.5. The number of hydrogen-bond donors (Lipinski definition) is 2. The first-order valence-electron chi connectivity index (χ1n) is 7.74.